The van der Waals surface area contributed by atoms with E-state index < -0.39 is 5.97 Å². The number of nitrogens with one attached hydrogen (secondary N) is 3. The first-order chi connectivity index (χ1) is 13.5. The van der Waals surface area contributed by atoms with Crippen LogP contribution in [0.1, 0.15) is 60.9 Å². The monoisotopic (exact) mass is 391 g/mol. The third-order valence-corrected chi connectivity index (χ3v) is 4.64. The Morgan fingerprint density at radius 1 is 1.14 bits per heavy atom. The maximum Gasteiger partial charge on any atom is 0.335 e. The molecule has 0 saturated heterocycles. The van der Waals surface area contributed by atoms with E-state index in [0.29, 0.717) is 24.2 Å². The van der Waals surface area contributed by atoms with Crippen molar-refractivity contribution in [1.29, 1.82) is 0 Å². The fourth-order valence-electron chi connectivity index (χ4n) is 3.30. The number of carbonyl (C=O) groups excluding carboxylic acids is 2. The highest BCUT2D eigenvalue weighted by atomic mass is 16.5. The normalized spacial score (nSPS) is 14.3. The fourth-order valence-corrected chi connectivity index (χ4v) is 3.30. The maximum absolute atomic E-state index is 12.1. The van der Waals surface area contributed by atoms with E-state index in [1.54, 1.807) is 6.07 Å². The quantitative estimate of drug-likeness (QED) is 0.483. The van der Waals surface area contributed by atoms with Crippen LogP contribution in [0.2, 0.25) is 0 Å². The number of urea groups is 1. The molecule has 1 aromatic carbocycles. The number of hydrogen-bond acceptors (Lipinski definition) is 4. The summed E-state index contributed by atoms with van der Waals surface area (Å²) in [5.74, 6) is -1.30. The summed E-state index contributed by atoms with van der Waals surface area (Å²) >= 11 is 0. The van der Waals surface area contributed by atoms with Crippen LogP contribution < -0.4 is 16.0 Å². The molecular formula is C20H29N3O5. The van der Waals surface area contributed by atoms with Gasteiger partial charge in [-0.3, -0.25) is 4.79 Å². The minimum Gasteiger partial charge on any atom is -0.478 e. The molecule has 4 N–H and O–H groups in total. The molecule has 28 heavy (non-hydrogen) atoms. The van der Waals surface area contributed by atoms with Crippen LogP contribution in [0.5, 0.6) is 0 Å². The summed E-state index contributed by atoms with van der Waals surface area (Å²) in [4.78, 5) is 35.2. The van der Waals surface area contributed by atoms with Crippen molar-refractivity contribution in [2.45, 2.75) is 57.6 Å². The largest absolute Gasteiger partial charge is 0.478 e. The lowest BCUT2D eigenvalue weighted by molar-refractivity contribution is -0.116. The van der Waals surface area contributed by atoms with Crippen LogP contribution in [0.3, 0.4) is 0 Å². The number of aromatic carboxylic acids is 1. The standard InChI is InChI=1S/C20H29N3O5/c1-28-13-14-10-15(19(25)26)12-17(11-14)22-18(24)8-5-9-21-20(27)23-16-6-3-2-4-7-16/h10-12,16H,2-9,13H2,1H3,(H,22,24)(H,25,26)(H2,21,23,27). The molecule has 0 unspecified atom stereocenters. The highest BCUT2D eigenvalue weighted by Crippen LogP contribution is 2.18. The third kappa shape index (κ3) is 7.56. The van der Waals surface area contributed by atoms with Crippen LogP contribution in [0.25, 0.3) is 0 Å². The topological polar surface area (TPSA) is 117 Å². The zero-order valence-electron chi connectivity index (χ0n) is 16.3. The van der Waals surface area contributed by atoms with E-state index in [1.807, 2.05) is 0 Å². The first kappa shape index (κ1) is 21.7. The van der Waals surface area contributed by atoms with Gasteiger partial charge in [0.1, 0.15) is 0 Å². The van der Waals surface area contributed by atoms with Gasteiger partial charge in [0.05, 0.1) is 12.2 Å². The minimum atomic E-state index is -1.07. The molecular weight excluding hydrogens is 362 g/mol. The van der Waals surface area contributed by atoms with Gasteiger partial charge in [0, 0.05) is 31.8 Å². The van der Waals surface area contributed by atoms with E-state index in [1.165, 1.54) is 25.7 Å². The molecule has 1 aromatic rings. The molecule has 0 bridgehead atoms. The summed E-state index contributed by atoms with van der Waals surface area (Å²) in [6.45, 7) is 0.653. The Morgan fingerprint density at radius 2 is 1.89 bits per heavy atom. The molecule has 0 heterocycles. The van der Waals surface area contributed by atoms with Gasteiger partial charge in [-0.25, -0.2) is 9.59 Å². The van der Waals surface area contributed by atoms with Crippen molar-refractivity contribution in [1.82, 2.24) is 10.6 Å². The summed E-state index contributed by atoms with van der Waals surface area (Å²) in [5.41, 5.74) is 1.17. The van der Waals surface area contributed by atoms with Gasteiger partial charge in [-0.2, -0.15) is 0 Å². The minimum absolute atomic E-state index is 0.0888. The molecule has 2 rings (SSSR count). The summed E-state index contributed by atoms with van der Waals surface area (Å²) in [6, 6.07) is 4.67. The zero-order chi connectivity index (χ0) is 20.4. The second-order valence-electron chi connectivity index (χ2n) is 7.04. The number of methoxy groups -OCH3 is 1. The van der Waals surface area contributed by atoms with Gasteiger partial charge >= 0.3 is 12.0 Å². The van der Waals surface area contributed by atoms with E-state index in [4.69, 9.17) is 4.74 Å². The SMILES string of the molecule is COCc1cc(NC(=O)CCCNC(=O)NC2CCCCC2)cc(C(=O)O)c1. The molecule has 1 aliphatic carbocycles. The van der Waals surface area contributed by atoms with Gasteiger partial charge < -0.3 is 25.8 Å². The molecule has 0 aliphatic heterocycles. The Balaban J connectivity index is 1.73. The predicted octanol–water partition coefficient (Wildman–Crippen LogP) is 2.88. The van der Waals surface area contributed by atoms with Crippen molar-refractivity contribution >= 4 is 23.6 Å². The van der Waals surface area contributed by atoms with E-state index in [-0.39, 0.29) is 36.6 Å². The van der Waals surface area contributed by atoms with Crippen molar-refractivity contribution in [2.24, 2.45) is 0 Å². The van der Waals surface area contributed by atoms with Gasteiger partial charge in [0.2, 0.25) is 5.91 Å². The van der Waals surface area contributed by atoms with Gasteiger partial charge in [-0.15, -0.1) is 0 Å². The first-order valence-corrected chi connectivity index (χ1v) is 9.68. The number of ether oxygens (including phenoxy) is 1. The first-order valence-electron chi connectivity index (χ1n) is 9.68. The van der Waals surface area contributed by atoms with Crippen LogP contribution >= 0.6 is 0 Å². The van der Waals surface area contributed by atoms with E-state index in [2.05, 4.69) is 16.0 Å². The summed E-state index contributed by atoms with van der Waals surface area (Å²) in [5, 5.41) is 17.6. The lowest BCUT2D eigenvalue weighted by atomic mass is 9.96. The van der Waals surface area contributed by atoms with Gasteiger partial charge in [0.15, 0.2) is 0 Å². The summed E-state index contributed by atoms with van der Waals surface area (Å²) in [6.07, 6.45) is 6.30. The van der Waals surface area contributed by atoms with Crippen molar-refractivity contribution in [2.75, 3.05) is 19.0 Å². The van der Waals surface area contributed by atoms with E-state index in [0.717, 1.165) is 25.7 Å². The average Bonchev–Trinajstić information content (AvgIpc) is 2.66. The molecule has 1 saturated carbocycles. The Kier molecular flexibility index (Phi) is 8.74. The van der Waals surface area contributed by atoms with E-state index in [9.17, 15) is 19.5 Å². The number of carboxylic acids is 1. The average molecular weight is 391 g/mol. The van der Waals surface area contributed by atoms with Crippen LogP contribution in [-0.4, -0.2) is 42.7 Å². The number of carboxylic acid groups (broad SMARTS) is 1. The predicted molar refractivity (Wildman–Crippen MR) is 105 cm³/mol. The number of carbonyl (C=O) groups is 3. The van der Waals surface area contributed by atoms with Crippen molar-refractivity contribution in [3.05, 3.63) is 29.3 Å². The highest BCUT2D eigenvalue weighted by molar-refractivity contribution is 5.94. The Hall–Kier alpha value is -2.61. The molecule has 1 fully saturated rings. The molecule has 0 atom stereocenters. The van der Waals surface area contributed by atoms with Crippen LogP contribution in [-0.2, 0) is 16.1 Å². The smallest absolute Gasteiger partial charge is 0.335 e. The molecule has 0 aromatic heterocycles. The second kappa shape index (κ2) is 11.3. The highest BCUT2D eigenvalue weighted by Gasteiger charge is 2.15. The molecule has 3 amide bonds. The van der Waals surface area contributed by atoms with E-state index >= 15 is 0 Å². The number of hydrogen-bond donors (Lipinski definition) is 4. The third-order valence-electron chi connectivity index (χ3n) is 4.64. The van der Waals surface area contributed by atoms with Crippen molar-refractivity contribution in [3.8, 4) is 0 Å². The van der Waals surface area contributed by atoms with Crippen LogP contribution in [0, 0.1) is 0 Å². The van der Waals surface area contributed by atoms with Crippen LogP contribution in [0.4, 0.5) is 10.5 Å². The summed E-state index contributed by atoms with van der Waals surface area (Å²) < 4.78 is 5.03. The number of amides is 3. The van der Waals surface area contributed by atoms with Crippen molar-refractivity contribution in [3.63, 3.8) is 0 Å². The van der Waals surface area contributed by atoms with Crippen molar-refractivity contribution < 1.29 is 24.2 Å². The lowest BCUT2D eigenvalue weighted by Gasteiger charge is -2.22. The van der Waals surface area contributed by atoms with Crippen LogP contribution in [0.15, 0.2) is 18.2 Å². The molecule has 154 valence electrons. The molecule has 0 spiro atoms. The number of anilines is 1. The summed E-state index contributed by atoms with van der Waals surface area (Å²) in [7, 11) is 1.52. The Bertz CT molecular complexity index is 686. The fraction of sp³-hybridized carbons (Fsp3) is 0.550. The van der Waals surface area contributed by atoms with Gasteiger partial charge in [-0.1, -0.05) is 19.3 Å². The Morgan fingerprint density at radius 3 is 2.57 bits per heavy atom. The second-order valence-corrected chi connectivity index (χ2v) is 7.04. The zero-order valence-corrected chi connectivity index (χ0v) is 16.3. The lowest BCUT2D eigenvalue weighted by Crippen LogP contribution is -2.43. The Labute approximate surface area is 165 Å². The number of benzene rings is 1. The molecule has 1 aliphatic rings. The molecule has 8 heteroatoms. The maximum atomic E-state index is 12.1. The molecule has 0 radical (unpaired) electrons. The number of rotatable bonds is 9. The molecule has 8 nitrogen and oxygen atoms in total. The van der Waals surface area contributed by atoms with Gasteiger partial charge in [0.25, 0.3) is 0 Å². The van der Waals surface area contributed by atoms with Gasteiger partial charge in [-0.05, 0) is 43.0 Å².